The molecule has 1 heterocycles. The number of hydrogen-bond acceptors (Lipinski definition) is 6. The maximum atomic E-state index is 12.0. The summed E-state index contributed by atoms with van der Waals surface area (Å²) in [4.78, 5) is 11.7. The lowest BCUT2D eigenvalue weighted by atomic mass is 9.95. The number of rotatable bonds is 6. The van der Waals surface area contributed by atoms with Gasteiger partial charge in [0.15, 0.2) is 0 Å². The number of methoxy groups -OCH3 is 1. The van der Waals surface area contributed by atoms with E-state index in [4.69, 9.17) is 13.7 Å². The minimum absolute atomic E-state index is 0.0514. The molecule has 0 aliphatic carbocycles. The van der Waals surface area contributed by atoms with E-state index in [1.54, 1.807) is 12.1 Å². The normalized spacial score (nSPS) is 20.7. The molecule has 1 aromatic rings. The zero-order valence-corrected chi connectivity index (χ0v) is 13.7. The van der Waals surface area contributed by atoms with E-state index in [0.717, 1.165) is 0 Å². The smallest absolute Gasteiger partial charge is 0.309 e. The number of ether oxygens (including phenoxy) is 2. The second kappa shape index (κ2) is 6.26. The van der Waals surface area contributed by atoms with E-state index in [-0.39, 0.29) is 23.4 Å². The van der Waals surface area contributed by atoms with Crippen molar-refractivity contribution in [1.29, 1.82) is 0 Å². The summed E-state index contributed by atoms with van der Waals surface area (Å²) >= 11 is 0. The minimum atomic E-state index is -3.83. The van der Waals surface area contributed by atoms with Crippen molar-refractivity contribution < 1.29 is 26.9 Å². The molecule has 7 heteroatoms. The van der Waals surface area contributed by atoms with Gasteiger partial charge in [0.1, 0.15) is 11.4 Å². The molecule has 0 spiro atoms. The van der Waals surface area contributed by atoms with E-state index in [1.807, 2.05) is 13.8 Å². The van der Waals surface area contributed by atoms with Crippen LogP contribution in [0.3, 0.4) is 0 Å². The average Bonchev–Trinajstić information content (AvgIpc) is 2.71. The fourth-order valence-corrected chi connectivity index (χ4v) is 3.33. The van der Waals surface area contributed by atoms with Gasteiger partial charge in [-0.05, 0) is 51.0 Å². The molecule has 1 unspecified atom stereocenters. The van der Waals surface area contributed by atoms with Crippen LogP contribution in [0.15, 0.2) is 29.2 Å². The molecule has 1 aliphatic heterocycles. The molecule has 2 rings (SSSR count). The highest BCUT2D eigenvalue weighted by Crippen LogP contribution is 2.32. The third-order valence-corrected chi connectivity index (χ3v) is 4.83. The Morgan fingerprint density at radius 3 is 2.41 bits per heavy atom. The summed E-state index contributed by atoms with van der Waals surface area (Å²) in [5, 5.41) is 0. The van der Waals surface area contributed by atoms with Gasteiger partial charge in [0.05, 0.1) is 24.5 Å². The molecule has 1 aliphatic rings. The van der Waals surface area contributed by atoms with Gasteiger partial charge in [-0.3, -0.25) is 8.98 Å². The number of esters is 1. The lowest BCUT2D eigenvalue weighted by Crippen LogP contribution is -2.17. The quantitative estimate of drug-likeness (QED) is 0.588. The highest BCUT2D eigenvalue weighted by atomic mass is 32.2. The van der Waals surface area contributed by atoms with E-state index in [2.05, 4.69) is 0 Å². The molecule has 6 nitrogen and oxygen atoms in total. The van der Waals surface area contributed by atoms with Gasteiger partial charge in [-0.2, -0.15) is 8.42 Å². The SMILES string of the molecule is COc1ccc(S(=O)(=O)OCCC2CC(C)(C)OC2=O)cc1. The van der Waals surface area contributed by atoms with Gasteiger partial charge in [-0.25, -0.2) is 0 Å². The van der Waals surface area contributed by atoms with Gasteiger partial charge >= 0.3 is 5.97 Å². The molecule has 1 atom stereocenters. The van der Waals surface area contributed by atoms with Crippen molar-refractivity contribution in [2.24, 2.45) is 5.92 Å². The first-order valence-electron chi connectivity index (χ1n) is 7.00. The predicted molar refractivity (Wildman–Crippen MR) is 79.0 cm³/mol. The van der Waals surface area contributed by atoms with Crippen LogP contribution in [0.1, 0.15) is 26.7 Å². The Balaban J connectivity index is 1.91. The topological polar surface area (TPSA) is 78.9 Å². The Morgan fingerprint density at radius 1 is 1.27 bits per heavy atom. The third-order valence-electron chi connectivity index (χ3n) is 3.50. The van der Waals surface area contributed by atoms with Crippen molar-refractivity contribution in [2.45, 2.75) is 37.2 Å². The summed E-state index contributed by atoms with van der Waals surface area (Å²) in [6, 6.07) is 5.93. The fraction of sp³-hybridized carbons (Fsp3) is 0.533. The Labute approximate surface area is 130 Å². The maximum absolute atomic E-state index is 12.0. The minimum Gasteiger partial charge on any atom is -0.497 e. The Hall–Kier alpha value is -1.60. The standard InChI is InChI=1S/C15H20O6S/c1-15(2)10-11(14(16)21-15)8-9-20-22(17,18)13-6-4-12(19-3)5-7-13/h4-7,11H,8-10H2,1-3H3. The van der Waals surface area contributed by atoms with Crippen LogP contribution in [0.4, 0.5) is 0 Å². The van der Waals surface area contributed by atoms with Gasteiger partial charge in [-0.15, -0.1) is 0 Å². The van der Waals surface area contributed by atoms with Gasteiger partial charge in [-0.1, -0.05) is 0 Å². The summed E-state index contributed by atoms with van der Waals surface area (Å²) in [5.74, 6) is -0.0496. The van der Waals surface area contributed by atoms with E-state index in [0.29, 0.717) is 18.6 Å². The van der Waals surface area contributed by atoms with Gasteiger partial charge in [0.2, 0.25) is 0 Å². The van der Waals surface area contributed by atoms with Gasteiger partial charge in [0, 0.05) is 0 Å². The zero-order valence-electron chi connectivity index (χ0n) is 12.9. The maximum Gasteiger partial charge on any atom is 0.309 e. The van der Waals surface area contributed by atoms with Gasteiger partial charge in [0.25, 0.3) is 10.1 Å². The van der Waals surface area contributed by atoms with Crippen LogP contribution in [0.2, 0.25) is 0 Å². The summed E-state index contributed by atoms with van der Waals surface area (Å²) in [6.45, 7) is 3.62. The predicted octanol–water partition coefficient (Wildman–Crippen LogP) is 2.13. The van der Waals surface area contributed by atoms with E-state index >= 15 is 0 Å². The number of carbonyl (C=O) groups excluding carboxylic acids is 1. The largest absolute Gasteiger partial charge is 0.497 e. The number of cyclic esters (lactones) is 1. The van der Waals surface area contributed by atoms with Crippen molar-refractivity contribution in [1.82, 2.24) is 0 Å². The highest BCUT2D eigenvalue weighted by Gasteiger charge is 2.39. The number of carbonyl (C=O) groups is 1. The van der Waals surface area contributed by atoms with E-state index in [9.17, 15) is 13.2 Å². The van der Waals surface area contributed by atoms with Crippen LogP contribution < -0.4 is 4.74 Å². The third kappa shape index (κ3) is 3.98. The molecule has 0 bridgehead atoms. The molecular formula is C15H20O6S. The number of hydrogen-bond donors (Lipinski definition) is 0. The van der Waals surface area contributed by atoms with Crippen LogP contribution in [0.5, 0.6) is 5.75 Å². The monoisotopic (exact) mass is 328 g/mol. The number of benzene rings is 1. The van der Waals surface area contributed by atoms with E-state index < -0.39 is 15.7 Å². The van der Waals surface area contributed by atoms with Crippen molar-refractivity contribution in [3.05, 3.63) is 24.3 Å². The molecule has 0 saturated carbocycles. The van der Waals surface area contributed by atoms with Crippen molar-refractivity contribution >= 4 is 16.1 Å². The average molecular weight is 328 g/mol. The van der Waals surface area contributed by atoms with Crippen molar-refractivity contribution in [2.75, 3.05) is 13.7 Å². The Kier molecular flexibility index (Phi) is 4.77. The van der Waals surface area contributed by atoms with Crippen molar-refractivity contribution in [3.63, 3.8) is 0 Å². The van der Waals surface area contributed by atoms with Crippen molar-refractivity contribution in [3.8, 4) is 5.75 Å². The van der Waals surface area contributed by atoms with Crippen LogP contribution >= 0.6 is 0 Å². The summed E-state index contributed by atoms with van der Waals surface area (Å²) in [7, 11) is -2.33. The molecule has 1 saturated heterocycles. The molecular weight excluding hydrogens is 308 g/mol. The van der Waals surface area contributed by atoms with Crippen LogP contribution in [0, 0.1) is 5.92 Å². The van der Waals surface area contributed by atoms with Gasteiger partial charge < -0.3 is 9.47 Å². The first-order valence-corrected chi connectivity index (χ1v) is 8.41. The summed E-state index contributed by atoms with van der Waals surface area (Å²) < 4.78 is 39.2. The second-order valence-electron chi connectivity index (χ2n) is 5.82. The molecule has 22 heavy (non-hydrogen) atoms. The Morgan fingerprint density at radius 2 is 1.91 bits per heavy atom. The molecule has 1 aromatic carbocycles. The molecule has 0 N–H and O–H groups in total. The lowest BCUT2D eigenvalue weighted by molar-refractivity contribution is -0.148. The Bertz CT molecular complexity index is 633. The first-order chi connectivity index (χ1) is 10.2. The molecule has 122 valence electrons. The molecule has 0 radical (unpaired) electrons. The molecule has 0 aromatic heterocycles. The van der Waals surface area contributed by atoms with Crippen LogP contribution in [-0.2, 0) is 23.8 Å². The lowest BCUT2D eigenvalue weighted by Gasteiger charge is -2.14. The van der Waals surface area contributed by atoms with E-state index in [1.165, 1.54) is 19.2 Å². The summed E-state index contributed by atoms with van der Waals surface area (Å²) in [5.41, 5.74) is -0.489. The highest BCUT2D eigenvalue weighted by molar-refractivity contribution is 7.86. The fourth-order valence-electron chi connectivity index (χ4n) is 2.40. The van der Waals surface area contributed by atoms with Crippen LogP contribution in [0.25, 0.3) is 0 Å². The zero-order chi connectivity index (χ0) is 16.4. The molecule has 1 fully saturated rings. The van der Waals surface area contributed by atoms with Crippen LogP contribution in [-0.4, -0.2) is 33.7 Å². The second-order valence-corrected chi connectivity index (χ2v) is 7.44. The molecule has 0 amide bonds. The first kappa shape index (κ1) is 16.8. The summed E-state index contributed by atoms with van der Waals surface area (Å²) in [6.07, 6.45) is 0.884.